The van der Waals surface area contributed by atoms with E-state index in [1.54, 1.807) is 0 Å². The summed E-state index contributed by atoms with van der Waals surface area (Å²) in [6.07, 6.45) is -4.60. The molecule has 0 unspecified atom stereocenters. The fourth-order valence-corrected chi connectivity index (χ4v) is 3.07. The first-order valence-corrected chi connectivity index (χ1v) is 8.99. The first-order valence-electron chi connectivity index (χ1n) is 8.99. The van der Waals surface area contributed by atoms with Crippen LogP contribution >= 0.6 is 0 Å². The van der Waals surface area contributed by atoms with E-state index in [0.29, 0.717) is 0 Å². The van der Waals surface area contributed by atoms with Gasteiger partial charge < -0.3 is 33.8 Å². The second kappa shape index (κ2) is 9.97. The highest BCUT2D eigenvalue weighted by Gasteiger charge is 2.54. The summed E-state index contributed by atoms with van der Waals surface area (Å²) in [5.74, 6) is -3.75. The molecule has 2 heterocycles. The van der Waals surface area contributed by atoms with Crippen LogP contribution in [0.1, 0.15) is 33.9 Å². The number of rotatable bonds is 7. The van der Waals surface area contributed by atoms with Gasteiger partial charge >= 0.3 is 29.8 Å². The average molecular weight is 443 g/mol. The molecule has 0 bridgehead atoms. The highest BCUT2D eigenvalue weighted by molar-refractivity contribution is 5.68. The van der Waals surface area contributed by atoms with Gasteiger partial charge in [-0.2, -0.15) is 4.57 Å². The Bertz CT molecular complexity index is 867. The van der Waals surface area contributed by atoms with Crippen molar-refractivity contribution in [2.75, 3.05) is 6.61 Å². The van der Waals surface area contributed by atoms with E-state index >= 15 is 0 Å². The van der Waals surface area contributed by atoms with Crippen LogP contribution in [-0.2, 0) is 42.9 Å². The third kappa shape index (κ3) is 5.97. The first-order chi connectivity index (χ1) is 14.5. The first kappa shape index (κ1) is 23.7. The van der Waals surface area contributed by atoms with E-state index in [1.165, 1.54) is 6.20 Å². The van der Waals surface area contributed by atoms with Crippen molar-refractivity contribution in [2.45, 2.75) is 58.3 Å². The summed E-state index contributed by atoms with van der Waals surface area (Å²) in [6.45, 7) is 3.90. The molecule has 14 nitrogen and oxygen atoms in total. The fraction of sp³-hybridized carbons (Fsp3) is 0.588. The normalized spacial score (nSPS) is 25.2. The third-order valence-electron chi connectivity index (χ3n) is 4.05. The summed E-state index contributed by atoms with van der Waals surface area (Å²) in [5, 5.41) is 11.4. The van der Waals surface area contributed by atoms with Crippen molar-refractivity contribution in [3.05, 3.63) is 22.5 Å². The molecule has 0 aromatic carbocycles. The average Bonchev–Trinajstić information content (AvgIpc) is 3.12. The van der Waals surface area contributed by atoms with E-state index in [1.807, 2.05) is 0 Å². The predicted molar refractivity (Wildman–Crippen MR) is 96.1 cm³/mol. The molecule has 0 spiro atoms. The molecule has 1 fully saturated rings. The van der Waals surface area contributed by atoms with Crippen molar-refractivity contribution in [1.82, 2.24) is 9.55 Å². The smallest absolute Gasteiger partial charge is 0.436 e. The maximum Gasteiger partial charge on any atom is 0.436 e. The summed E-state index contributed by atoms with van der Waals surface area (Å²) in [6, 6.07) is 0. The third-order valence-corrected chi connectivity index (χ3v) is 4.05. The van der Waals surface area contributed by atoms with Crippen molar-refractivity contribution >= 4 is 29.8 Å². The van der Waals surface area contributed by atoms with E-state index in [0.717, 1.165) is 38.5 Å². The summed E-state index contributed by atoms with van der Waals surface area (Å²) >= 11 is 0. The quantitative estimate of drug-likeness (QED) is 0.240. The number of nitro groups is 1. The largest absolute Gasteiger partial charge is 0.463 e. The molecule has 31 heavy (non-hydrogen) atoms. The van der Waals surface area contributed by atoms with Crippen molar-refractivity contribution in [1.29, 1.82) is 0 Å². The number of esters is 4. The van der Waals surface area contributed by atoms with Gasteiger partial charge in [0.15, 0.2) is 12.2 Å². The predicted octanol–water partition coefficient (Wildman–Crippen LogP) is 0.0469. The number of ether oxygens (including phenoxy) is 5. The van der Waals surface area contributed by atoms with E-state index in [9.17, 15) is 29.3 Å². The van der Waals surface area contributed by atoms with Crippen LogP contribution in [0.15, 0.2) is 12.4 Å². The highest BCUT2D eigenvalue weighted by Crippen LogP contribution is 2.36. The van der Waals surface area contributed by atoms with Gasteiger partial charge in [-0.25, -0.2) is 0 Å². The van der Waals surface area contributed by atoms with E-state index in [-0.39, 0.29) is 0 Å². The van der Waals surface area contributed by atoms with Crippen LogP contribution in [0, 0.1) is 10.1 Å². The van der Waals surface area contributed by atoms with Gasteiger partial charge in [0.25, 0.3) is 0 Å². The molecule has 0 N–H and O–H groups in total. The lowest BCUT2D eigenvalue weighted by molar-refractivity contribution is -0.400. The van der Waals surface area contributed by atoms with Crippen molar-refractivity contribution in [3.8, 4) is 0 Å². The second-order valence-corrected chi connectivity index (χ2v) is 6.48. The molecule has 1 aromatic rings. The van der Waals surface area contributed by atoms with E-state index in [2.05, 4.69) is 4.98 Å². The lowest BCUT2D eigenvalue weighted by atomic mass is 9.97. The minimum absolute atomic E-state index is 0.448. The Morgan fingerprint density at radius 2 is 1.55 bits per heavy atom. The highest BCUT2D eigenvalue weighted by atomic mass is 16.7. The Hall–Kier alpha value is -3.55. The maximum absolute atomic E-state index is 11.8. The summed E-state index contributed by atoms with van der Waals surface area (Å²) in [7, 11) is 0. The summed E-state index contributed by atoms with van der Waals surface area (Å²) < 4.78 is 27.4. The molecule has 1 aliphatic heterocycles. The van der Waals surface area contributed by atoms with Gasteiger partial charge in [0.05, 0.1) is 0 Å². The Morgan fingerprint density at radius 1 is 1.00 bits per heavy atom. The molecule has 1 aromatic heterocycles. The molecule has 1 aliphatic rings. The lowest BCUT2D eigenvalue weighted by Crippen LogP contribution is -2.60. The molecule has 0 aliphatic carbocycles. The Balaban J connectivity index is 2.58. The second-order valence-electron chi connectivity index (χ2n) is 6.48. The maximum atomic E-state index is 11.8. The van der Waals surface area contributed by atoms with Gasteiger partial charge in [0, 0.05) is 27.7 Å². The van der Waals surface area contributed by atoms with Gasteiger partial charge in [-0.05, 0) is 4.92 Å². The lowest BCUT2D eigenvalue weighted by Gasteiger charge is -2.43. The van der Waals surface area contributed by atoms with Gasteiger partial charge in [-0.15, -0.1) is 0 Å². The van der Waals surface area contributed by atoms with Crippen LogP contribution in [0.3, 0.4) is 0 Å². The molecule has 14 heteroatoms. The van der Waals surface area contributed by atoms with E-state index < -0.39 is 72.0 Å². The number of hydrogen-bond acceptors (Lipinski definition) is 12. The Kier molecular flexibility index (Phi) is 7.63. The minimum atomic E-state index is -1.47. The number of hydrogen-bond donors (Lipinski definition) is 0. The zero-order valence-electron chi connectivity index (χ0n) is 17.1. The molecule has 2 rings (SSSR count). The summed E-state index contributed by atoms with van der Waals surface area (Å²) in [4.78, 5) is 60.7. The van der Waals surface area contributed by atoms with Crippen LogP contribution in [0.25, 0.3) is 0 Å². The molecule has 5 atom stereocenters. The topological polar surface area (TPSA) is 175 Å². The standard InChI is InChI=1S/C17H21N3O11/c1-8(21)27-7-12-13(28-9(2)22)14(29-10(3)23)15(30-11(4)24)16(31-12)19-6-5-18-17(19)20(25)26/h5-6,12-16H,7H2,1-4H3/t12-,13+,14+,15-,16+/m1/s1. The zero-order chi connectivity index (χ0) is 23.3. The van der Waals surface area contributed by atoms with E-state index in [4.69, 9.17) is 23.7 Å². The minimum Gasteiger partial charge on any atom is -0.463 e. The Labute approximate surface area is 175 Å². The number of nitrogens with zero attached hydrogens (tertiary/aromatic N) is 3. The number of carbonyl (C=O) groups excluding carboxylic acids is 4. The van der Waals surface area contributed by atoms with Crippen LogP contribution in [-0.4, -0.2) is 69.4 Å². The van der Waals surface area contributed by atoms with Crippen LogP contribution in [0.5, 0.6) is 0 Å². The van der Waals surface area contributed by atoms with Crippen LogP contribution in [0.2, 0.25) is 0 Å². The monoisotopic (exact) mass is 443 g/mol. The molecular weight excluding hydrogens is 422 g/mol. The van der Waals surface area contributed by atoms with Crippen molar-refractivity contribution in [3.63, 3.8) is 0 Å². The number of imidazole rings is 1. The van der Waals surface area contributed by atoms with Crippen molar-refractivity contribution in [2.24, 2.45) is 0 Å². The van der Waals surface area contributed by atoms with Gasteiger partial charge in [0.1, 0.15) is 25.1 Å². The van der Waals surface area contributed by atoms with Crippen LogP contribution < -0.4 is 0 Å². The van der Waals surface area contributed by atoms with Gasteiger partial charge in [-0.3, -0.25) is 19.2 Å². The van der Waals surface area contributed by atoms with Crippen LogP contribution in [0.4, 0.5) is 5.95 Å². The zero-order valence-corrected chi connectivity index (χ0v) is 17.1. The SMILES string of the molecule is CC(=O)OC[C@H]1O[C@H](n2ccnc2[N+](=O)[O-])[C@H](OC(C)=O)[C@@H](OC(C)=O)[C@H]1OC(C)=O. The summed E-state index contributed by atoms with van der Waals surface area (Å²) in [5.41, 5.74) is 0. The fourth-order valence-electron chi connectivity index (χ4n) is 3.07. The van der Waals surface area contributed by atoms with Crippen molar-refractivity contribution < 1.29 is 47.8 Å². The van der Waals surface area contributed by atoms with Gasteiger partial charge in [-0.1, -0.05) is 4.98 Å². The molecule has 0 amide bonds. The number of aromatic nitrogens is 2. The van der Waals surface area contributed by atoms with Gasteiger partial charge in [0.2, 0.25) is 12.3 Å². The number of carbonyl (C=O) groups is 4. The molecule has 170 valence electrons. The molecular formula is C17H21N3O11. The molecule has 1 saturated heterocycles. The Morgan fingerprint density at radius 3 is 2.06 bits per heavy atom. The molecule has 0 saturated carbocycles. The molecule has 0 radical (unpaired) electrons.